The lowest BCUT2D eigenvalue weighted by atomic mass is 10.1. The number of carbonyl (C=O) groups excluding carboxylic acids is 1. The molecule has 0 unspecified atom stereocenters. The molecule has 0 radical (unpaired) electrons. The average molecular weight is 339 g/mol. The maximum absolute atomic E-state index is 12.2. The predicted octanol–water partition coefficient (Wildman–Crippen LogP) is 3.10. The van der Waals surface area contributed by atoms with Gasteiger partial charge in [0.1, 0.15) is 6.61 Å². The topological polar surface area (TPSA) is 76.7 Å². The molecular formula is C20H25N3O2. The second kappa shape index (κ2) is 9.47. The molecule has 2 aromatic carbocycles. The van der Waals surface area contributed by atoms with E-state index in [4.69, 9.17) is 10.5 Å². The average Bonchev–Trinajstić information content (AvgIpc) is 2.63. The molecule has 0 heterocycles. The lowest BCUT2D eigenvalue weighted by Crippen LogP contribution is -2.34. The zero-order valence-corrected chi connectivity index (χ0v) is 14.7. The van der Waals surface area contributed by atoms with Crippen LogP contribution in [0.5, 0.6) is 0 Å². The summed E-state index contributed by atoms with van der Waals surface area (Å²) < 4.78 is 5.35. The van der Waals surface area contributed by atoms with Crippen molar-refractivity contribution < 1.29 is 9.53 Å². The van der Waals surface area contributed by atoms with Crippen molar-refractivity contribution >= 4 is 11.9 Å². The van der Waals surface area contributed by atoms with E-state index in [1.54, 1.807) is 12.1 Å². The largest absolute Gasteiger partial charge is 0.457 e. The molecular weight excluding hydrogens is 314 g/mol. The van der Waals surface area contributed by atoms with E-state index in [-0.39, 0.29) is 12.6 Å². The first-order valence-corrected chi connectivity index (χ1v) is 8.38. The van der Waals surface area contributed by atoms with Crippen LogP contribution >= 0.6 is 0 Å². The van der Waals surface area contributed by atoms with Crippen LogP contribution in [0, 0.1) is 5.92 Å². The summed E-state index contributed by atoms with van der Waals surface area (Å²) in [5, 5.41) is 3.06. The third kappa shape index (κ3) is 6.67. The van der Waals surface area contributed by atoms with Gasteiger partial charge in [-0.3, -0.25) is 0 Å². The number of ether oxygens (including phenoxy) is 1. The fourth-order valence-corrected chi connectivity index (χ4v) is 2.14. The van der Waals surface area contributed by atoms with Crippen molar-refractivity contribution in [3.05, 3.63) is 71.3 Å². The lowest BCUT2D eigenvalue weighted by Gasteiger charge is -2.08. The second-order valence-corrected chi connectivity index (χ2v) is 6.24. The fraction of sp³-hybridized carbons (Fsp3) is 0.300. The number of hydrogen-bond donors (Lipinski definition) is 2. The molecule has 5 nitrogen and oxygen atoms in total. The normalized spacial score (nSPS) is 11.4. The zero-order chi connectivity index (χ0) is 18.1. The molecule has 5 heteroatoms. The summed E-state index contributed by atoms with van der Waals surface area (Å²) in [5.41, 5.74) is 8.20. The van der Waals surface area contributed by atoms with E-state index in [0.29, 0.717) is 24.0 Å². The molecule has 0 aliphatic rings. The van der Waals surface area contributed by atoms with Crippen molar-refractivity contribution in [3.63, 3.8) is 0 Å². The summed E-state index contributed by atoms with van der Waals surface area (Å²) in [4.78, 5) is 16.5. The number of nitrogens with two attached hydrogens (primary N) is 1. The van der Waals surface area contributed by atoms with Gasteiger partial charge in [-0.25, -0.2) is 9.79 Å². The molecule has 0 atom stereocenters. The van der Waals surface area contributed by atoms with E-state index in [9.17, 15) is 4.79 Å². The smallest absolute Gasteiger partial charge is 0.338 e. The third-order valence-corrected chi connectivity index (χ3v) is 3.50. The highest BCUT2D eigenvalue weighted by Crippen LogP contribution is 2.10. The van der Waals surface area contributed by atoms with Gasteiger partial charge in [-0.2, -0.15) is 0 Å². The van der Waals surface area contributed by atoms with E-state index >= 15 is 0 Å². The summed E-state index contributed by atoms with van der Waals surface area (Å²) in [7, 11) is 0. The first-order chi connectivity index (χ1) is 12.0. The molecule has 0 aliphatic carbocycles. The van der Waals surface area contributed by atoms with Crippen molar-refractivity contribution in [3.8, 4) is 0 Å². The van der Waals surface area contributed by atoms with Crippen LogP contribution in [0.1, 0.15) is 35.3 Å². The standard InChI is InChI=1S/C20H25N3O2/c1-15(2)12-22-20(21)23-13-17-9-6-10-18(11-17)19(24)25-14-16-7-4-3-5-8-16/h3-11,15H,12-14H2,1-2H3,(H3,21,22,23). The number of esters is 1. The van der Waals surface area contributed by atoms with Gasteiger partial charge >= 0.3 is 5.97 Å². The molecule has 2 aromatic rings. The lowest BCUT2D eigenvalue weighted by molar-refractivity contribution is 0.0472. The van der Waals surface area contributed by atoms with E-state index in [1.165, 1.54) is 0 Å². The maximum atomic E-state index is 12.2. The van der Waals surface area contributed by atoms with Gasteiger partial charge < -0.3 is 15.8 Å². The van der Waals surface area contributed by atoms with Crippen LogP contribution in [0.15, 0.2) is 59.6 Å². The first-order valence-electron chi connectivity index (χ1n) is 8.38. The molecule has 132 valence electrons. The Kier molecular flexibility index (Phi) is 7.01. The highest BCUT2D eigenvalue weighted by Gasteiger charge is 2.08. The highest BCUT2D eigenvalue weighted by molar-refractivity contribution is 5.89. The Morgan fingerprint density at radius 1 is 1.12 bits per heavy atom. The molecule has 0 aliphatic heterocycles. The van der Waals surface area contributed by atoms with Crippen molar-refractivity contribution in [1.82, 2.24) is 5.32 Å². The van der Waals surface area contributed by atoms with E-state index in [2.05, 4.69) is 24.2 Å². The number of carbonyl (C=O) groups is 1. The maximum Gasteiger partial charge on any atom is 0.338 e. The minimum atomic E-state index is -0.347. The molecule has 0 saturated heterocycles. The van der Waals surface area contributed by atoms with Gasteiger partial charge in [0.25, 0.3) is 0 Å². The Morgan fingerprint density at radius 2 is 1.84 bits per heavy atom. The number of nitrogens with zero attached hydrogens (tertiary/aromatic N) is 1. The van der Waals surface area contributed by atoms with Crippen LogP contribution < -0.4 is 11.1 Å². The molecule has 2 rings (SSSR count). The third-order valence-electron chi connectivity index (χ3n) is 3.50. The van der Waals surface area contributed by atoms with Gasteiger partial charge in [0.05, 0.1) is 12.1 Å². The van der Waals surface area contributed by atoms with Gasteiger partial charge in [0, 0.05) is 6.54 Å². The van der Waals surface area contributed by atoms with Crippen LogP contribution in [0.4, 0.5) is 0 Å². The van der Waals surface area contributed by atoms with Crippen LogP contribution in [0.25, 0.3) is 0 Å². The van der Waals surface area contributed by atoms with E-state index in [0.717, 1.165) is 17.7 Å². The van der Waals surface area contributed by atoms with Gasteiger partial charge in [-0.1, -0.05) is 56.3 Å². The van der Waals surface area contributed by atoms with Crippen molar-refractivity contribution in [2.45, 2.75) is 27.0 Å². The monoisotopic (exact) mass is 339 g/mol. The van der Waals surface area contributed by atoms with E-state index < -0.39 is 0 Å². The van der Waals surface area contributed by atoms with Gasteiger partial charge in [-0.05, 0) is 29.2 Å². The summed E-state index contributed by atoms with van der Waals surface area (Å²) in [6, 6.07) is 16.9. The molecule has 0 bridgehead atoms. The Hall–Kier alpha value is -2.82. The Balaban J connectivity index is 1.91. The van der Waals surface area contributed by atoms with Crippen molar-refractivity contribution in [1.29, 1.82) is 0 Å². The molecule has 25 heavy (non-hydrogen) atoms. The Bertz CT molecular complexity index is 712. The summed E-state index contributed by atoms with van der Waals surface area (Å²) in [6.07, 6.45) is 0. The number of rotatable bonds is 7. The number of hydrogen-bond acceptors (Lipinski definition) is 3. The molecule has 3 N–H and O–H groups in total. The first kappa shape index (κ1) is 18.5. The van der Waals surface area contributed by atoms with E-state index in [1.807, 2.05) is 42.5 Å². The number of guanidine groups is 1. The number of benzene rings is 2. The van der Waals surface area contributed by atoms with Crippen LogP contribution in [-0.4, -0.2) is 18.5 Å². The van der Waals surface area contributed by atoms with Gasteiger partial charge in [0.15, 0.2) is 5.96 Å². The van der Waals surface area contributed by atoms with Crippen LogP contribution in [0.2, 0.25) is 0 Å². The summed E-state index contributed by atoms with van der Waals surface area (Å²) in [5.74, 6) is 0.558. The minimum absolute atomic E-state index is 0.258. The molecule has 0 fully saturated rings. The Morgan fingerprint density at radius 3 is 2.56 bits per heavy atom. The quantitative estimate of drug-likeness (QED) is 0.462. The molecule has 0 amide bonds. The van der Waals surface area contributed by atoms with Crippen LogP contribution in [0.3, 0.4) is 0 Å². The molecule has 0 aromatic heterocycles. The number of nitrogens with one attached hydrogen (secondary N) is 1. The second-order valence-electron chi connectivity index (χ2n) is 6.24. The predicted molar refractivity (Wildman–Crippen MR) is 100 cm³/mol. The molecule has 0 saturated carbocycles. The van der Waals surface area contributed by atoms with Crippen molar-refractivity contribution in [2.24, 2.45) is 16.6 Å². The highest BCUT2D eigenvalue weighted by atomic mass is 16.5. The van der Waals surface area contributed by atoms with Crippen molar-refractivity contribution in [2.75, 3.05) is 6.54 Å². The van der Waals surface area contributed by atoms with Gasteiger partial charge in [0.2, 0.25) is 0 Å². The number of aliphatic imine (C=N–C) groups is 1. The zero-order valence-electron chi connectivity index (χ0n) is 14.7. The summed E-state index contributed by atoms with van der Waals surface area (Å²) in [6.45, 7) is 5.65. The molecule has 0 spiro atoms. The Labute approximate surface area is 148 Å². The SMILES string of the molecule is CC(C)CNC(N)=NCc1cccc(C(=O)OCc2ccccc2)c1. The fourth-order valence-electron chi connectivity index (χ4n) is 2.14. The summed E-state index contributed by atoms with van der Waals surface area (Å²) >= 11 is 0. The van der Waals surface area contributed by atoms with Crippen LogP contribution in [-0.2, 0) is 17.9 Å². The van der Waals surface area contributed by atoms with Gasteiger partial charge in [-0.15, -0.1) is 0 Å². The minimum Gasteiger partial charge on any atom is -0.457 e.